The van der Waals surface area contributed by atoms with Gasteiger partial charge in [-0.3, -0.25) is 4.79 Å². The van der Waals surface area contributed by atoms with Crippen LogP contribution in [0.2, 0.25) is 0 Å². The highest BCUT2D eigenvalue weighted by atomic mass is 19.1. The number of hydrogen-bond donors (Lipinski definition) is 1. The predicted octanol–water partition coefficient (Wildman–Crippen LogP) is 3.39. The van der Waals surface area contributed by atoms with Crippen LogP contribution >= 0.6 is 0 Å². The van der Waals surface area contributed by atoms with Crippen LogP contribution in [0, 0.1) is 5.82 Å². The molecule has 1 aliphatic rings. The molecule has 3 aromatic rings. The standard InChI is InChI=1S/C20H17FN2O3/c1-23(13-8-6-12(21)7-9-13)11-10-16-22-17-19(25)18(24)14-4-2-3-5-15(14)20(17)26-16/h2-9,18,24H,10-11H2,1H3. The summed E-state index contributed by atoms with van der Waals surface area (Å²) in [6.45, 7) is 0.587. The van der Waals surface area contributed by atoms with E-state index in [1.165, 1.54) is 12.1 Å². The van der Waals surface area contributed by atoms with Crippen LogP contribution in [-0.2, 0) is 6.42 Å². The number of fused-ring (bicyclic) bond motifs is 3. The fourth-order valence-corrected chi connectivity index (χ4v) is 3.12. The molecule has 4 rings (SSSR count). The number of aliphatic hydroxyl groups excluding tert-OH is 1. The van der Waals surface area contributed by atoms with Crippen molar-refractivity contribution in [3.8, 4) is 11.3 Å². The van der Waals surface area contributed by atoms with E-state index in [0.29, 0.717) is 35.7 Å². The topological polar surface area (TPSA) is 66.6 Å². The van der Waals surface area contributed by atoms with Gasteiger partial charge in [-0.05, 0) is 29.8 Å². The fourth-order valence-electron chi connectivity index (χ4n) is 3.12. The van der Waals surface area contributed by atoms with Gasteiger partial charge in [0.15, 0.2) is 17.3 Å². The Kier molecular flexibility index (Phi) is 4.05. The molecular weight excluding hydrogens is 335 g/mol. The SMILES string of the molecule is CN(CCc1nc2c(o1)-c1ccccc1C(O)C2=O)c1ccc(F)cc1. The average molecular weight is 352 g/mol. The van der Waals surface area contributed by atoms with Crippen molar-refractivity contribution in [2.45, 2.75) is 12.5 Å². The van der Waals surface area contributed by atoms with Crippen LogP contribution in [0.15, 0.2) is 52.9 Å². The third-order valence-electron chi connectivity index (χ3n) is 4.58. The summed E-state index contributed by atoms with van der Waals surface area (Å²) in [6.07, 6.45) is -0.731. The maximum absolute atomic E-state index is 13.0. The summed E-state index contributed by atoms with van der Waals surface area (Å²) in [5.74, 6) is 0.121. The molecule has 2 aromatic carbocycles. The minimum atomic E-state index is -1.21. The van der Waals surface area contributed by atoms with E-state index in [0.717, 1.165) is 5.69 Å². The van der Waals surface area contributed by atoms with Gasteiger partial charge in [0.1, 0.15) is 11.9 Å². The Bertz CT molecular complexity index is 965. The van der Waals surface area contributed by atoms with Gasteiger partial charge in [0.2, 0.25) is 5.78 Å². The van der Waals surface area contributed by atoms with Gasteiger partial charge in [-0.15, -0.1) is 0 Å². The number of rotatable bonds is 4. The minimum Gasteiger partial charge on any atom is -0.440 e. The first-order chi connectivity index (χ1) is 12.5. The molecule has 1 heterocycles. The van der Waals surface area contributed by atoms with Crippen LogP contribution in [0.3, 0.4) is 0 Å². The van der Waals surface area contributed by atoms with Gasteiger partial charge in [0.25, 0.3) is 0 Å². The molecule has 1 atom stereocenters. The van der Waals surface area contributed by atoms with E-state index < -0.39 is 11.9 Å². The van der Waals surface area contributed by atoms with Crippen molar-refractivity contribution in [2.75, 3.05) is 18.5 Å². The highest BCUT2D eigenvalue weighted by molar-refractivity contribution is 6.06. The Hall–Kier alpha value is -2.99. The molecule has 1 aliphatic carbocycles. The molecule has 0 saturated carbocycles. The number of aromatic nitrogens is 1. The molecule has 6 heteroatoms. The van der Waals surface area contributed by atoms with E-state index >= 15 is 0 Å². The van der Waals surface area contributed by atoms with Gasteiger partial charge < -0.3 is 14.4 Å². The molecule has 0 bridgehead atoms. The maximum atomic E-state index is 13.0. The molecule has 5 nitrogen and oxygen atoms in total. The summed E-state index contributed by atoms with van der Waals surface area (Å²) >= 11 is 0. The van der Waals surface area contributed by atoms with Gasteiger partial charge in [-0.25, -0.2) is 9.37 Å². The van der Waals surface area contributed by atoms with E-state index in [-0.39, 0.29) is 11.5 Å². The molecule has 1 aromatic heterocycles. The zero-order valence-electron chi connectivity index (χ0n) is 14.1. The van der Waals surface area contributed by atoms with Crippen molar-refractivity contribution in [2.24, 2.45) is 0 Å². The first kappa shape index (κ1) is 16.5. The monoisotopic (exact) mass is 352 g/mol. The molecular formula is C20H17FN2O3. The molecule has 0 aliphatic heterocycles. The minimum absolute atomic E-state index is 0.177. The number of ketones is 1. The molecule has 132 valence electrons. The van der Waals surface area contributed by atoms with E-state index in [2.05, 4.69) is 4.98 Å². The third-order valence-corrected chi connectivity index (χ3v) is 4.58. The Balaban J connectivity index is 1.56. The Morgan fingerprint density at radius 3 is 2.69 bits per heavy atom. The number of Topliss-reactive ketones (excluding diaryl/α,β-unsaturated/α-hetero) is 1. The van der Waals surface area contributed by atoms with Crippen molar-refractivity contribution in [1.29, 1.82) is 0 Å². The van der Waals surface area contributed by atoms with Crippen LogP contribution in [-0.4, -0.2) is 29.5 Å². The van der Waals surface area contributed by atoms with Crippen molar-refractivity contribution < 1.29 is 18.7 Å². The maximum Gasteiger partial charge on any atom is 0.218 e. The number of anilines is 1. The van der Waals surface area contributed by atoms with Crippen molar-refractivity contribution in [1.82, 2.24) is 4.98 Å². The fraction of sp³-hybridized carbons (Fsp3) is 0.200. The van der Waals surface area contributed by atoms with Gasteiger partial charge in [-0.1, -0.05) is 24.3 Å². The lowest BCUT2D eigenvalue weighted by atomic mass is 9.90. The number of hydrogen-bond acceptors (Lipinski definition) is 5. The molecule has 0 radical (unpaired) electrons. The number of oxazole rings is 1. The third kappa shape index (κ3) is 2.78. The highest BCUT2D eigenvalue weighted by Crippen LogP contribution is 2.38. The average Bonchev–Trinajstić information content (AvgIpc) is 3.09. The number of aliphatic hydroxyl groups is 1. The zero-order chi connectivity index (χ0) is 18.3. The Morgan fingerprint density at radius 2 is 1.92 bits per heavy atom. The number of likely N-dealkylation sites (N-methyl/N-ethyl adjacent to an activating group) is 1. The van der Waals surface area contributed by atoms with E-state index in [1.54, 1.807) is 24.3 Å². The Morgan fingerprint density at radius 1 is 1.19 bits per heavy atom. The molecule has 0 amide bonds. The van der Waals surface area contributed by atoms with E-state index in [9.17, 15) is 14.3 Å². The Labute approximate surface area is 149 Å². The molecule has 0 fully saturated rings. The molecule has 26 heavy (non-hydrogen) atoms. The van der Waals surface area contributed by atoms with Gasteiger partial charge in [0.05, 0.1) is 0 Å². The second-order valence-corrected chi connectivity index (χ2v) is 6.29. The van der Waals surface area contributed by atoms with Crippen molar-refractivity contribution >= 4 is 11.5 Å². The molecule has 0 spiro atoms. The smallest absolute Gasteiger partial charge is 0.218 e. The lowest BCUT2D eigenvalue weighted by Crippen LogP contribution is -2.20. The van der Waals surface area contributed by atoms with Gasteiger partial charge in [-0.2, -0.15) is 0 Å². The first-order valence-corrected chi connectivity index (χ1v) is 8.32. The lowest BCUT2D eigenvalue weighted by molar-refractivity contribution is 0.0737. The van der Waals surface area contributed by atoms with Crippen LogP contribution < -0.4 is 4.90 Å². The summed E-state index contributed by atoms with van der Waals surface area (Å²) < 4.78 is 18.9. The molecule has 1 N–H and O–H groups in total. The predicted molar refractivity (Wildman–Crippen MR) is 94.6 cm³/mol. The van der Waals surface area contributed by atoms with Crippen LogP contribution in [0.4, 0.5) is 10.1 Å². The summed E-state index contributed by atoms with van der Waals surface area (Å²) in [5, 5.41) is 10.2. The second-order valence-electron chi connectivity index (χ2n) is 6.29. The van der Waals surface area contributed by atoms with E-state index in [1.807, 2.05) is 24.1 Å². The van der Waals surface area contributed by atoms with Gasteiger partial charge in [0, 0.05) is 31.3 Å². The van der Waals surface area contributed by atoms with Crippen LogP contribution in [0.25, 0.3) is 11.3 Å². The number of carbonyl (C=O) groups excluding carboxylic acids is 1. The molecule has 0 saturated heterocycles. The normalized spacial score (nSPS) is 15.5. The summed E-state index contributed by atoms with van der Waals surface area (Å²) in [4.78, 5) is 18.6. The summed E-state index contributed by atoms with van der Waals surface area (Å²) in [6, 6.07) is 13.3. The first-order valence-electron chi connectivity index (χ1n) is 8.32. The van der Waals surface area contributed by atoms with Crippen LogP contribution in [0.1, 0.15) is 28.0 Å². The van der Waals surface area contributed by atoms with Crippen molar-refractivity contribution in [3.63, 3.8) is 0 Å². The largest absolute Gasteiger partial charge is 0.440 e. The van der Waals surface area contributed by atoms with Crippen LogP contribution in [0.5, 0.6) is 0 Å². The summed E-state index contributed by atoms with van der Waals surface area (Å²) in [5.41, 5.74) is 2.28. The number of benzene rings is 2. The van der Waals surface area contributed by atoms with Gasteiger partial charge >= 0.3 is 0 Å². The zero-order valence-corrected chi connectivity index (χ0v) is 14.1. The quantitative estimate of drug-likeness (QED) is 0.780. The van der Waals surface area contributed by atoms with E-state index in [4.69, 9.17) is 4.42 Å². The highest BCUT2D eigenvalue weighted by Gasteiger charge is 2.35. The second kappa shape index (κ2) is 6.38. The molecule has 1 unspecified atom stereocenters. The summed E-state index contributed by atoms with van der Waals surface area (Å²) in [7, 11) is 1.89. The lowest BCUT2D eigenvalue weighted by Gasteiger charge is -2.18. The number of nitrogens with zero attached hydrogens (tertiary/aromatic N) is 2. The number of halogens is 1. The van der Waals surface area contributed by atoms with Crippen molar-refractivity contribution in [3.05, 3.63) is 71.5 Å². The number of carbonyl (C=O) groups is 1.